The Kier molecular flexibility index (Phi) is 5.25. The van der Waals surface area contributed by atoms with Crippen LogP contribution in [-0.2, 0) is 0 Å². The van der Waals surface area contributed by atoms with Crippen molar-refractivity contribution in [3.8, 4) is 5.69 Å². The Balaban J connectivity index is 1.83. The van der Waals surface area contributed by atoms with Crippen LogP contribution in [0.25, 0.3) is 16.5 Å². The van der Waals surface area contributed by atoms with Crippen LogP contribution in [-0.4, -0.2) is 15.5 Å². The molecule has 3 N–H and O–H groups in total. The zero-order valence-electron chi connectivity index (χ0n) is 16.2. The number of hydrogen-bond donors (Lipinski definition) is 2. The second kappa shape index (κ2) is 8.00. The fourth-order valence-electron chi connectivity index (χ4n) is 3.40. The summed E-state index contributed by atoms with van der Waals surface area (Å²) < 4.78 is 1.58. The first-order valence-electron chi connectivity index (χ1n) is 9.37. The van der Waals surface area contributed by atoms with Crippen molar-refractivity contribution in [2.24, 2.45) is 0 Å². The van der Waals surface area contributed by atoms with Gasteiger partial charge in [-0.15, -0.1) is 0 Å². The van der Waals surface area contributed by atoms with E-state index in [-0.39, 0.29) is 11.5 Å². The van der Waals surface area contributed by atoms with E-state index in [0.717, 1.165) is 0 Å². The van der Waals surface area contributed by atoms with Gasteiger partial charge in [0.05, 0.1) is 22.0 Å². The minimum absolute atomic E-state index is 0.241. The van der Waals surface area contributed by atoms with Gasteiger partial charge in [0.15, 0.2) is 0 Å². The molecule has 0 aliphatic rings. The summed E-state index contributed by atoms with van der Waals surface area (Å²) in [6, 6.07) is 19.2. The molecule has 7 heteroatoms. The predicted octanol–water partition coefficient (Wildman–Crippen LogP) is 4.11. The molecule has 0 unspecified atom stereocenters. The number of hydrogen-bond acceptors (Lipinski definition) is 4. The maximum absolute atomic E-state index is 13.4. The average molecular weight is 419 g/mol. The van der Waals surface area contributed by atoms with Crippen LogP contribution < -0.4 is 16.6 Å². The van der Waals surface area contributed by atoms with Crippen molar-refractivity contribution in [1.82, 2.24) is 14.9 Å². The number of carbonyl (C=O) groups excluding carboxylic acids is 1. The van der Waals surface area contributed by atoms with Crippen molar-refractivity contribution in [2.75, 3.05) is 5.73 Å². The van der Waals surface area contributed by atoms with E-state index in [2.05, 4.69) is 10.3 Å². The molecule has 150 valence electrons. The average Bonchev–Trinajstić information content (AvgIpc) is 2.74. The van der Waals surface area contributed by atoms with Crippen LogP contribution >= 0.6 is 11.6 Å². The molecule has 1 atom stereocenters. The molecule has 0 saturated heterocycles. The van der Waals surface area contributed by atoms with Gasteiger partial charge in [-0.3, -0.25) is 14.2 Å². The summed E-state index contributed by atoms with van der Waals surface area (Å²) in [6.45, 7) is 1.83. The van der Waals surface area contributed by atoms with E-state index in [1.807, 2.05) is 49.4 Å². The molecule has 4 aromatic rings. The quantitative estimate of drug-likeness (QED) is 0.521. The zero-order valence-corrected chi connectivity index (χ0v) is 16.9. The Labute approximate surface area is 177 Å². The lowest BCUT2D eigenvalue weighted by Gasteiger charge is -2.21. The SMILES string of the molecule is C[C@H](NC(=O)c1ccc(N)nc1)c1cc2cccc(Cl)c2c(=O)n1-c1ccccc1. The smallest absolute Gasteiger partial charge is 0.264 e. The number of nitrogen functional groups attached to an aromatic ring is 1. The van der Waals surface area contributed by atoms with Gasteiger partial charge in [0.2, 0.25) is 0 Å². The number of nitrogens with two attached hydrogens (primary N) is 1. The minimum Gasteiger partial charge on any atom is -0.384 e. The maximum atomic E-state index is 13.4. The maximum Gasteiger partial charge on any atom is 0.264 e. The van der Waals surface area contributed by atoms with Crippen LogP contribution in [0.4, 0.5) is 5.82 Å². The lowest BCUT2D eigenvalue weighted by molar-refractivity contribution is 0.0938. The molecule has 6 nitrogen and oxygen atoms in total. The Morgan fingerprint density at radius 3 is 2.57 bits per heavy atom. The predicted molar refractivity (Wildman–Crippen MR) is 119 cm³/mol. The van der Waals surface area contributed by atoms with Crippen LogP contribution in [0.2, 0.25) is 5.02 Å². The molecular weight excluding hydrogens is 400 g/mol. The number of carbonyl (C=O) groups is 1. The molecule has 4 rings (SSSR count). The van der Waals surface area contributed by atoms with Crippen molar-refractivity contribution < 1.29 is 4.79 Å². The van der Waals surface area contributed by atoms with Gasteiger partial charge >= 0.3 is 0 Å². The standard InChI is InChI=1S/C23H19ClN4O2/c1-14(27-22(29)16-10-11-20(25)26-13-16)19-12-15-6-5-9-18(24)21(15)23(30)28(19)17-7-3-2-4-8-17/h2-14H,1H3,(H2,25,26)(H,27,29)/t14-/m0/s1. The minimum atomic E-state index is -0.466. The normalized spacial score (nSPS) is 11.9. The molecule has 0 spiro atoms. The summed E-state index contributed by atoms with van der Waals surface area (Å²) in [4.78, 5) is 30.1. The summed E-state index contributed by atoms with van der Waals surface area (Å²) in [5, 5.41) is 4.47. The lowest BCUT2D eigenvalue weighted by atomic mass is 10.1. The largest absolute Gasteiger partial charge is 0.384 e. The number of pyridine rings is 2. The zero-order chi connectivity index (χ0) is 21.3. The number of benzene rings is 2. The number of halogens is 1. The first-order chi connectivity index (χ1) is 14.5. The van der Waals surface area contributed by atoms with Gasteiger partial charge in [-0.2, -0.15) is 0 Å². The number of nitrogens with one attached hydrogen (secondary N) is 1. The fourth-order valence-corrected chi connectivity index (χ4v) is 3.66. The summed E-state index contributed by atoms with van der Waals surface area (Å²) >= 11 is 6.33. The van der Waals surface area contributed by atoms with Crippen molar-refractivity contribution in [2.45, 2.75) is 13.0 Å². The Morgan fingerprint density at radius 2 is 1.87 bits per heavy atom. The number of nitrogens with zero attached hydrogens (tertiary/aromatic N) is 2. The van der Waals surface area contributed by atoms with Crippen LogP contribution in [0.1, 0.15) is 29.0 Å². The van der Waals surface area contributed by atoms with Crippen molar-refractivity contribution >= 4 is 34.1 Å². The highest BCUT2D eigenvalue weighted by Crippen LogP contribution is 2.25. The van der Waals surface area contributed by atoms with Crippen LogP contribution in [0, 0.1) is 0 Å². The monoisotopic (exact) mass is 418 g/mol. The molecule has 0 saturated carbocycles. The number of para-hydroxylation sites is 1. The van der Waals surface area contributed by atoms with E-state index >= 15 is 0 Å². The van der Waals surface area contributed by atoms with Crippen molar-refractivity contribution in [3.63, 3.8) is 0 Å². The van der Waals surface area contributed by atoms with Gasteiger partial charge in [-0.25, -0.2) is 4.98 Å². The Bertz CT molecular complexity index is 1280. The van der Waals surface area contributed by atoms with Gasteiger partial charge in [-0.05, 0) is 48.7 Å². The topological polar surface area (TPSA) is 90.0 Å². The van der Waals surface area contributed by atoms with Crippen molar-refractivity contribution in [1.29, 1.82) is 0 Å². The second-order valence-corrected chi connectivity index (χ2v) is 7.32. The summed E-state index contributed by atoms with van der Waals surface area (Å²) in [5.41, 5.74) is 7.06. The highest BCUT2D eigenvalue weighted by atomic mass is 35.5. The van der Waals surface area contributed by atoms with Gasteiger partial charge in [0.25, 0.3) is 11.5 Å². The van der Waals surface area contributed by atoms with E-state index in [4.69, 9.17) is 17.3 Å². The molecular formula is C23H19ClN4O2. The third kappa shape index (κ3) is 3.65. The van der Waals surface area contributed by atoms with Gasteiger partial charge in [0, 0.05) is 17.6 Å². The summed E-state index contributed by atoms with van der Waals surface area (Å²) in [7, 11) is 0. The molecule has 0 bridgehead atoms. The van der Waals surface area contributed by atoms with E-state index in [1.165, 1.54) is 6.20 Å². The number of amides is 1. The number of anilines is 1. The molecule has 0 aliphatic heterocycles. The Hall–Kier alpha value is -3.64. The van der Waals surface area contributed by atoms with Crippen LogP contribution in [0.5, 0.6) is 0 Å². The molecule has 0 fully saturated rings. The van der Waals surface area contributed by atoms with E-state index in [1.54, 1.807) is 28.8 Å². The number of aromatic nitrogens is 2. The second-order valence-electron chi connectivity index (χ2n) is 6.92. The lowest BCUT2D eigenvalue weighted by Crippen LogP contribution is -2.32. The third-order valence-corrected chi connectivity index (χ3v) is 5.19. The van der Waals surface area contributed by atoms with Gasteiger partial charge in [0.1, 0.15) is 5.82 Å². The van der Waals surface area contributed by atoms with Crippen LogP contribution in [0.3, 0.4) is 0 Å². The Morgan fingerprint density at radius 1 is 1.10 bits per heavy atom. The summed E-state index contributed by atoms with van der Waals surface area (Å²) in [5.74, 6) is 0.0252. The first kappa shape index (κ1) is 19.7. The van der Waals surface area contributed by atoms with E-state index in [9.17, 15) is 9.59 Å². The van der Waals surface area contributed by atoms with E-state index in [0.29, 0.717) is 38.6 Å². The number of fused-ring (bicyclic) bond motifs is 1. The molecule has 0 aliphatic carbocycles. The van der Waals surface area contributed by atoms with Gasteiger partial charge < -0.3 is 11.1 Å². The summed E-state index contributed by atoms with van der Waals surface area (Å²) in [6.07, 6.45) is 1.42. The molecule has 30 heavy (non-hydrogen) atoms. The van der Waals surface area contributed by atoms with Gasteiger partial charge in [-0.1, -0.05) is 41.9 Å². The molecule has 0 radical (unpaired) electrons. The van der Waals surface area contributed by atoms with Crippen LogP contribution in [0.15, 0.2) is 77.7 Å². The highest BCUT2D eigenvalue weighted by molar-refractivity contribution is 6.35. The fraction of sp³-hybridized carbons (Fsp3) is 0.0870. The molecule has 2 aromatic heterocycles. The highest BCUT2D eigenvalue weighted by Gasteiger charge is 2.19. The third-order valence-electron chi connectivity index (χ3n) is 4.88. The molecule has 2 heterocycles. The van der Waals surface area contributed by atoms with Crippen molar-refractivity contribution in [3.05, 3.63) is 99.6 Å². The first-order valence-corrected chi connectivity index (χ1v) is 9.75. The molecule has 2 aromatic carbocycles. The molecule has 1 amide bonds. The number of rotatable bonds is 4. The van der Waals surface area contributed by atoms with E-state index < -0.39 is 6.04 Å².